The summed E-state index contributed by atoms with van der Waals surface area (Å²) in [4.78, 5) is 6.63. The van der Waals surface area contributed by atoms with Crippen LogP contribution in [-0.4, -0.2) is 18.1 Å². The molecule has 0 heterocycles. The van der Waals surface area contributed by atoms with E-state index in [2.05, 4.69) is 35.3 Å². The van der Waals surface area contributed by atoms with Crippen molar-refractivity contribution in [3.8, 4) is 11.1 Å². The molecule has 0 aliphatic heterocycles. The van der Waals surface area contributed by atoms with Crippen LogP contribution < -0.4 is 10.6 Å². The molecule has 152 valence electrons. The van der Waals surface area contributed by atoms with Crippen molar-refractivity contribution in [2.24, 2.45) is 10.7 Å². The number of hydrogen-bond acceptors (Lipinski definition) is 2. The number of aliphatic hydroxyl groups excluding tert-OH is 1. The van der Waals surface area contributed by atoms with E-state index in [0.717, 1.165) is 46.5 Å². The maximum atomic E-state index is 10.8. The molecule has 2 aliphatic carbocycles. The molecule has 4 aromatic rings. The summed E-state index contributed by atoms with van der Waals surface area (Å²) in [6.45, 7) is 0. The maximum Gasteiger partial charge on any atom is 0.200 e. The second-order valence-corrected chi connectivity index (χ2v) is 8.37. The van der Waals surface area contributed by atoms with Gasteiger partial charge in [0.25, 0.3) is 0 Å². The fourth-order valence-corrected chi connectivity index (χ4v) is 5.09. The maximum absolute atomic E-state index is 10.8. The molecule has 2 aliphatic rings. The Morgan fingerprint density at radius 2 is 1.68 bits per heavy atom. The van der Waals surface area contributed by atoms with Crippen LogP contribution >= 0.6 is 0 Å². The Morgan fingerprint density at radius 3 is 2.55 bits per heavy atom. The number of aryl methyl sites for hydroxylation is 2. The number of rotatable bonds is 2. The van der Waals surface area contributed by atoms with E-state index in [0.29, 0.717) is 5.96 Å². The molecule has 0 spiro atoms. The smallest absolute Gasteiger partial charge is 0.200 e. The molecule has 0 aromatic heterocycles. The van der Waals surface area contributed by atoms with Gasteiger partial charge < -0.3 is 15.7 Å². The number of hydrogen-bond donors (Lipinski definition) is 2. The highest BCUT2D eigenvalue weighted by atomic mass is 16.3. The van der Waals surface area contributed by atoms with Crippen LogP contribution in [0.5, 0.6) is 0 Å². The Morgan fingerprint density at radius 1 is 0.903 bits per heavy atom. The molecule has 1 unspecified atom stereocenters. The summed E-state index contributed by atoms with van der Waals surface area (Å²) in [5.74, 6) is 0.420. The Balaban J connectivity index is 1.38. The van der Waals surface area contributed by atoms with Crippen LogP contribution in [-0.2, 0) is 12.8 Å². The topological polar surface area (TPSA) is 61.8 Å². The zero-order valence-corrected chi connectivity index (χ0v) is 17.3. The van der Waals surface area contributed by atoms with Gasteiger partial charge in [0.2, 0.25) is 5.96 Å². The van der Waals surface area contributed by atoms with Gasteiger partial charge in [-0.05, 0) is 69.8 Å². The van der Waals surface area contributed by atoms with Gasteiger partial charge in [-0.3, -0.25) is 0 Å². The van der Waals surface area contributed by atoms with E-state index in [1.807, 2.05) is 54.4 Å². The lowest BCUT2D eigenvalue weighted by molar-refractivity contribution is 0.225. The van der Waals surface area contributed by atoms with Crippen molar-refractivity contribution in [2.75, 3.05) is 11.9 Å². The monoisotopic (exact) mass is 405 g/mol. The summed E-state index contributed by atoms with van der Waals surface area (Å²) in [7, 11) is 1.95. The van der Waals surface area contributed by atoms with E-state index in [9.17, 15) is 5.11 Å². The van der Waals surface area contributed by atoms with Gasteiger partial charge in [-0.1, -0.05) is 54.6 Å². The van der Waals surface area contributed by atoms with E-state index < -0.39 is 6.10 Å². The fraction of sp³-hybridized carbons (Fsp3) is 0.148. The second kappa shape index (κ2) is 6.69. The molecule has 6 rings (SSSR count). The molecule has 4 aromatic carbocycles. The molecule has 0 amide bonds. The third-order valence-corrected chi connectivity index (χ3v) is 6.68. The summed E-state index contributed by atoms with van der Waals surface area (Å²) < 4.78 is 0. The molecule has 0 fully saturated rings. The Bertz CT molecular complexity index is 1380. The lowest BCUT2D eigenvalue weighted by Gasteiger charge is -2.21. The zero-order chi connectivity index (χ0) is 21.1. The minimum atomic E-state index is -0.628. The minimum Gasteiger partial charge on any atom is -0.384 e. The third-order valence-electron chi connectivity index (χ3n) is 6.68. The highest BCUT2D eigenvalue weighted by Crippen LogP contribution is 2.44. The quantitative estimate of drug-likeness (QED) is 0.361. The van der Waals surface area contributed by atoms with Crippen molar-refractivity contribution in [1.29, 1.82) is 0 Å². The predicted molar refractivity (Wildman–Crippen MR) is 127 cm³/mol. The molecule has 3 N–H and O–H groups in total. The molecule has 1 atom stereocenters. The molecule has 4 nitrogen and oxygen atoms in total. The molecular formula is C27H23N3O. The molecule has 0 saturated carbocycles. The first-order valence-electron chi connectivity index (χ1n) is 10.6. The molecule has 0 radical (unpaired) electrons. The molecule has 4 heteroatoms. The third kappa shape index (κ3) is 2.69. The second-order valence-electron chi connectivity index (χ2n) is 8.37. The highest BCUT2D eigenvalue weighted by Gasteiger charge is 2.26. The van der Waals surface area contributed by atoms with E-state index in [1.54, 1.807) is 0 Å². The van der Waals surface area contributed by atoms with Crippen molar-refractivity contribution in [1.82, 2.24) is 0 Å². The largest absolute Gasteiger partial charge is 0.384 e. The highest BCUT2D eigenvalue weighted by molar-refractivity contribution is 6.07. The lowest BCUT2D eigenvalue weighted by atomic mass is 10.0. The van der Waals surface area contributed by atoms with E-state index in [1.165, 1.54) is 21.9 Å². The van der Waals surface area contributed by atoms with Gasteiger partial charge in [0.15, 0.2) is 0 Å². The van der Waals surface area contributed by atoms with Gasteiger partial charge in [0.1, 0.15) is 6.10 Å². The number of nitrogens with zero attached hydrogens (tertiary/aromatic N) is 2. The number of fused-ring (bicyclic) bond motifs is 3. The van der Waals surface area contributed by atoms with E-state index in [-0.39, 0.29) is 0 Å². The van der Waals surface area contributed by atoms with Crippen LogP contribution in [0.4, 0.5) is 11.4 Å². The normalized spacial score (nSPS) is 16.5. The SMILES string of the molecule is CN(C(N)=Nc1ccc2c(c1)C(O)c1ccccc1-2)c1ccc2c3c(cccc13)CC2. The molecule has 31 heavy (non-hydrogen) atoms. The number of guanidine groups is 1. The van der Waals surface area contributed by atoms with Crippen LogP contribution in [0.2, 0.25) is 0 Å². The van der Waals surface area contributed by atoms with E-state index in [4.69, 9.17) is 5.73 Å². The Hall–Kier alpha value is -3.63. The number of aliphatic hydroxyl groups is 1. The van der Waals surface area contributed by atoms with Crippen molar-refractivity contribution in [2.45, 2.75) is 18.9 Å². The van der Waals surface area contributed by atoms with Crippen molar-refractivity contribution < 1.29 is 5.11 Å². The number of nitrogens with two attached hydrogens (primary N) is 1. The van der Waals surface area contributed by atoms with Crippen LogP contribution in [0.25, 0.3) is 21.9 Å². The average Bonchev–Trinajstić information content (AvgIpc) is 3.34. The number of aliphatic imine (C=N–C) groups is 1. The first-order chi connectivity index (χ1) is 15.1. The van der Waals surface area contributed by atoms with Gasteiger partial charge in [-0.15, -0.1) is 0 Å². The van der Waals surface area contributed by atoms with Crippen LogP contribution in [0.3, 0.4) is 0 Å². The van der Waals surface area contributed by atoms with Gasteiger partial charge in [0.05, 0.1) is 11.4 Å². The first kappa shape index (κ1) is 18.2. The summed E-state index contributed by atoms with van der Waals surface area (Å²) in [5, 5.41) is 13.3. The van der Waals surface area contributed by atoms with Gasteiger partial charge in [-0.2, -0.15) is 0 Å². The first-order valence-corrected chi connectivity index (χ1v) is 10.6. The van der Waals surface area contributed by atoms with Crippen molar-refractivity contribution in [3.63, 3.8) is 0 Å². The van der Waals surface area contributed by atoms with Crippen LogP contribution in [0.15, 0.2) is 77.8 Å². The summed E-state index contributed by atoms with van der Waals surface area (Å²) in [6, 6.07) is 24.7. The van der Waals surface area contributed by atoms with Gasteiger partial charge >= 0.3 is 0 Å². The van der Waals surface area contributed by atoms with Crippen molar-refractivity contribution in [3.05, 3.63) is 95.1 Å². The van der Waals surface area contributed by atoms with Gasteiger partial charge in [-0.25, -0.2) is 4.99 Å². The molecule has 0 bridgehead atoms. The summed E-state index contributed by atoms with van der Waals surface area (Å²) >= 11 is 0. The Labute approximate surface area is 181 Å². The summed E-state index contributed by atoms with van der Waals surface area (Å²) in [5.41, 5.74) is 15.0. The summed E-state index contributed by atoms with van der Waals surface area (Å²) in [6.07, 6.45) is 1.57. The number of benzene rings is 4. The lowest BCUT2D eigenvalue weighted by Crippen LogP contribution is -2.33. The number of anilines is 1. The average molecular weight is 406 g/mol. The van der Waals surface area contributed by atoms with Crippen molar-refractivity contribution >= 4 is 28.1 Å². The van der Waals surface area contributed by atoms with E-state index >= 15 is 0 Å². The Kier molecular flexibility index (Phi) is 3.92. The zero-order valence-electron chi connectivity index (χ0n) is 17.3. The molecular weight excluding hydrogens is 382 g/mol. The standard InChI is InChI=1S/C27H23N3O/c1-30(24-14-11-17-10-9-16-5-4-8-22(24)25(16)17)27(28)29-18-12-13-20-19-6-2-3-7-21(19)26(31)23(20)15-18/h2-8,11-15,26,31H,9-10H2,1H3,(H2,28,29). The van der Waals surface area contributed by atoms with Crippen LogP contribution in [0, 0.1) is 0 Å². The van der Waals surface area contributed by atoms with Gasteiger partial charge in [0, 0.05) is 12.4 Å². The fourth-order valence-electron chi connectivity index (χ4n) is 5.09. The minimum absolute atomic E-state index is 0.420. The predicted octanol–water partition coefficient (Wildman–Crippen LogP) is 5.08. The molecule has 0 saturated heterocycles. The van der Waals surface area contributed by atoms with Crippen LogP contribution in [0.1, 0.15) is 28.4 Å².